The summed E-state index contributed by atoms with van der Waals surface area (Å²) in [6.07, 6.45) is 6.00. The molecule has 0 N–H and O–H groups in total. The summed E-state index contributed by atoms with van der Waals surface area (Å²) in [5, 5.41) is 0. The fourth-order valence-electron chi connectivity index (χ4n) is 3.27. The highest BCUT2D eigenvalue weighted by Gasteiger charge is 2.19. The van der Waals surface area contributed by atoms with Gasteiger partial charge in [0.1, 0.15) is 0 Å². The van der Waals surface area contributed by atoms with Crippen molar-refractivity contribution in [1.29, 1.82) is 0 Å². The van der Waals surface area contributed by atoms with E-state index in [1.807, 2.05) is 0 Å². The molecule has 1 aliphatic rings. The molecule has 0 spiro atoms. The van der Waals surface area contributed by atoms with Crippen molar-refractivity contribution in [2.24, 2.45) is 0 Å². The third-order valence-electron chi connectivity index (χ3n) is 4.54. The minimum Gasteiger partial charge on any atom is -0.0613 e. The zero-order valence-electron chi connectivity index (χ0n) is 12.3. The Bertz CT molecular complexity index is 623. The maximum Gasteiger partial charge on any atom is 0.0210 e. The molecule has 0 saturated heterocycles. The lowest BCUT2D eigenvalue weighted by Crippen LogP contribution is -1.98. The molecule has 0 aromatic heterocycles. The summed E-state index contributed by atoms with van der Waals surface area (Å²) in [4.78, 5) is 0. The highest BCUT2D eigenvalue weighted by atomic mass is 79.9. The molecule has 0 heterocycles. The fourth-order valence-corrected chi connectivity index (χ4v) is 3.79. The summed E-state index contributed by atoms with van der Waals surface area (Å²) in [5.74, 6) is 0. The minimum atomic E-state index is 1.06. The van der Waals surface area contributed by atoms with Gasteiger partial charge in [0.15, 0.2) is 0 Å². The van der Waals surface area contributed by atoms with E-state index in [9.17, 15) is 0 Å². The van der Waals surface area contributed by atoms with Crippen LogP contribution in [0.25, 0.3) is 0 Å². The minimum absolute atomic E-state index is 1.06. The maximum absolute atomic E-state index is 3.74. The first-order chi connectivity index (χ1) is 9.69. The van der Waals surface area contributed by atoms with E-state index in [2.05, 4.69) is 60.1 Å². The molecule has 0 aliphatic heterocycles. The van der Waals surface area contributed by atoms with Crippen molar-refractivity contribution in [3.05, 3.63) is 68.2 Å². The van der Waals surface area contributed by atoms with Gasteiger partial charge in [0, 0.05) is 4.47 Å². The average molecular weight is 329 g/mol. The lowest BCUT2D eigenvalue weighted by Gasteiger charge is -2.13. The van der Waals surface area contributed by atoms with E-state index in [0.717, 1.165) is 12.8 Å². The summed E-state index contributed by atoms with van der Waals surface area (Å²) >= 11 is 3.74. The molecule has 1 heteroatoms. The van der Waals surface area contributed by atoms with E-state index < -0.39 is 0 Å². The summed E-state index contributed by atoms with van der Waals surface area (Å²) in [6.45, 7) is 4.45. The van der Waals surface area contributed by atoms with E-state index in [4.69, 9.17) is 0 Å². The van der Waals surface area contributed by atoms with Crippen molar-refractivity contribution in [1.82, 2.24) is 0 Å². The van der Waals surface area contributed by atoms with Crippen molar-refractivity contribution in [2.75, 3.05) is 0 Å². The van der Waals surface area contributed by atoms with E-state index in [1.54, 1.807) is 11.1 Å². The van der Waals surface area contributed by atoms with Gasteiger partial charge in [-0.05, 0) is 78.5 Å². The number of halogens is 1. The predicted octanol–water partition coefficient (Wildman–Crippen LogP) is 5.40. The van der Waals surface area contributed by atoms with Gasteiger partial charge in [0.2, 0.25) is 0 Å². The highest BCUT2D eigenvalue weighted by Crippen LogP contribution is 2.34. The van der Waals surface area contributed by atoms with Crippen LogP contribution in [0.15, 0.2) is 34.8 Å². The Labute approximate surface area is 130 Å². The molecule has 1 aliphatic carbocycles. The molecule has 0 nitrogen and oxygen atoms in total. The van der Waals surface area contributed by atoms with Gasteiger partial charge < -0.3 is 0 Å². The summed E-state index contributed by atoms with van der Waals surface area (Å²) in [5.41, 5.74) is 9.02. The second-order valence-electron chi connectivity index (χ2n) is 5.80. The molecule has 0 bridgehead atoms. The first-order valence-corrected chi connectivity index (χ1v) is 8.36. The average Bonchev–Trinajstić information content (AvgIpc) is 2.95. The van der Waals surface area contributed by atoms with Crippen LogP contribution >= 0.6 is 15.9 Å². The quantitative estimate of drug-likeness (QED) is 0.707. The molecule has 0 fully saturated rings. The second kappa shape index (κ2) is 5.73. The van der Waals surface area contributed by atoms with Crippen LogP contribution in [0.5, 0.6) is 0 Å². The van der Waals surface area contributed by atoms with Gasteiger partial charge >= 0.3 is 0 Å². The van der Waals surface area contributed by atoms with Crippen molar-refractivity contribution in [3.63, 3.8) is 0 Å². The topological polar surface area (TPSA) is 0 Å². The van der Waals surface area contributed by atoms with Crippen LogP contribution in [0, 0.1) is 6.92 Å². The maximum atomic E-state index is 3.74. The van der Waals surface area contributed by atoms with Gasteiger partial charge in [-0.2, -0.15) is 0 Å². The van der Waals surface area contributed by atoms with Crippen molar-refractivity contribution in [3.8, 4) is 0 Å². The van der Waals surface area contributed by atoms with Crippen molar-refractivity contribution in [2.45, 2.75) is 46.0 Å². The molecule has 104 valence electrons. The van der Waals surface area contributed by atoms with Crippen LogP contribution in [0.2, 0.25) is 0 Å². The number of hydrogen-bond donors (Lipinski definition) is 0. The molecular formula is C19H21Br. The normalized spacial score (nSPS) is 13.6. The highest BCUT2D eigenvalue weighted by molar-refractivity contribution is 9.10. The Morgan fingerprint density at radius 2 is 1.65 bits per heavy atom. The lowest BCUT2D eigenvalue weighted by atomic mass is 9.94. The third-order valence-corrected chi connectivity index (χ3v) is 5.37. The fraction of sp³-hybridized carbons (Fsp3) is 0.368. The Morgan fingerprint density at radius 3 is 2.35 bits per heavy atom. The van der Waals surface area contributed by atoms with Crippen LogP contribution in [-0.4, -0.2) is 0 Å². The Kier molecular flexibility index (Phi) is 3.98. The van der Waals surface area contributed by atoms with Crippen LogP contribution in [0.3, 0.4) is 0 Å². The second-order valence-corrected chi connectivity index (χ2v) is 6.65. The zero-order chi connectivity index (χ0) is 14.1. The Hall–Kier alpha value is -1.08. The number of fused-ring (bicyclic) bond motifs is 1. The van der Waals surface area contributed by atoms with Crippen LogP contribution in [-0.2, 0) is 25.7 Å². The first-order valence-electron chi connectivity index (χ1n) is 7.56. The molecule has 0 atom stereocenters. The van der Waals surface area contributed by atoms with Crippen LogP contribution < -0.4 is 0 Å². The molecule has 20 heavy (non-hydrogen) atoms. The largest absolute Gasteiger partial charge is 0.0613 e. The SMILES string of the molecule is CCc1ccc(Cc2cc(Br)c(C)c3c2CCC3)cc1. The molecule has 3 rings (SSSR count). The third kappa shape index (κ3) is 2.56. The predicted molar refractivity (Wildman–Crippen MR) is 89.5 cm³/mol. The molecule has 2 aromatic carbocycles. The molecule has 0 amide bonds. The Morgan fingerprint density at radius 1 is 1.00 bits per heavy atom. The van der Waals surface area contributed by atoms with E-state index in [1.165, 1.54) is 46.0 Å². The van der Waals surface area contributed by atoms with Crippen LogP contribution in [0.1, 0.15) is 46.7 Å². The number of rotatable bonds is 3. The molecule has 0 saturated carbocycles. The van der Waals surface area contributed by atoms with E-state index >= 15 is 0 Å². The van der Waals surface area contributed by atoms with E-state index in [0.29, 0.717) is 0 Å². The van der Waals surface area contributed by atoms with Gasteiger partial charge in [-0.25, -0.2) is 0 Å². The van der Waals surface area contributed by atoms with Crippen molar-refractivity contribution < 1.29 is 0 Å². The van der Waals surface area contributed by atoms with Gasteiger partial charge in [-0.3, -0.25) is 0 Å². The first kappa shape index (κ1) is 13.9. The summed E-state index contributed by atoms with van der Waals surface area (Å²) in [6, 6.07) is 11.4. The smallest absolute Gasteiger partial charge is 0.0210 e. The Balaban J connectivity index is 1.94. The van der Waals surface area contributed by atoms with Gasteiger partial charge in [-0.15, -0.1) is 0 Å². The van der Waals surface area contributed by atoms with Gasteiger partial charge in [0.25, 0.3) is 0 Å². The molecular weight excluding hydrogens is 308 g/mol. The summed E-state index contributed by atoms with van der Waals surface area (Å²) in [7, 11) is 0. The molecule has 2 aromatic rings. The van der Waals surface area contributed by atoms with Gasteiger partial charge in [0.05, 0.1) is 0 Å². The number of aryl methyl sites for hydroxylation is 1. The standard InChI is InChI=1S/C19H21Br/c1-3-14-7-9-15(10-8-14)11-16-12-19(20)13(2)17-5-4-6-18(16)17/h7-10,12H,3-6,11H2,1-2H3. The van der Waals surface area contributed by atoms with Crippen LogP contribution in [0.4, 0.5) is 0 Å². The number of hydrogen-bond acceptors (Lipinski definition) is 0. The number of benzene rings is 2. The lowest BCUT2D eigenvalue weighted by molar-refractivity contribution is 0.905. The van der Waals surface area contributed by atoms with E-state index in [-0.39, 0.29) is 0 Å². The van der Waals surface area contributed by atoms with Gasteiger partial charge in [-0.1, -0.05) is 47.1 Å². The molecule has 0 radical (unpaired) electrons. The molecule has 0 unspecified atom stereocenters. The summed E-state index contributed by atoms with van der Waals surface area (Å²) < 4.78 is 1.28. The monoisotopic (exact) mass is 328 g/mol. The zero-order valence-corrected chi connectivity index (χ0v) is 13.9. The van der Waals surface area contributed by atoms with Crippen molar-refractivity contribution >= 4 is 15.9 Å².